The summed E-state index contributed by atoms with van der Waals surface area (Å²) in [5.41, 5.74) is 0.372. The third kappa shape index (κ3) is 4.10. The molecule has 1 heterocycles. The molecule has 1 aliphatic rings. The van der Waals surface area contributed by atoms with Crippen LogP contribution in [0.15, 0.2) is 30.3 Å². The smallest absolute Gasteiger partial charge is 0.221 e. The summed E-state index contributed by atoms with van der Waals surface area (Å²) in [7, 11) is 0. The van der Waals surface area contributed by atoms with E-state index in [1.807, 2.05) is 0 Å². The van der Waals surface area contributed by atoms with Crippen molar-refractivity contribution in [2.45, 2.75) is 37.6 Å². The number of pyridine rings is 1. The van der Waals surface area contributed by atoms with E-state index < -0.39 is 17.2 Å². The van der Waals surface area contributed by atoms with E-state index in [4.69, 9.17) is 23.2 Å². The Labute approximate surface area is 154 Å². The van der Waals surface area contributed by atoms with E-state index in [9.17, 15) is 13.6 Å². The van der Waals surface area contributed by atoms with E-state index in [2.05, 4.69) is 10.3 Å². The van der Waals surface area contributed by atoms with E-state index in [1.165, 1.54) is 18.2 Å². The van der Waals surface area contributed by atoms with Crippen molar-refractivity contribution in [3.8, 4) is 0 Å². The highest BCUT2D eigenvalue weighted by molar-refractivity contribution is 6.33. The zero-order valence-corrected chi connectivity index (χ0v) is 15.0. The number of carbonyl (C=O) groups is 1. The van der Waals surface area contributed by atoms with Crippen molar-refractivity contribution in [2.24, 2.45) is 0 Å². The van der Waals surface area contributed by atoms with Crippen LogP contribution in [0.25, 0.3) is 0 Å². The first-order valence-electron chi connectivity index (χ1n) is 7.88. The number of amides is 1. The fourth-order valence-electron chi connectivity index (χ4n) is 2.89. The van der Waals surface area contributed by atoms with Gasteiger partial charge in [0.05, 0.1) is 11.2 Å². The summed E-state index contributed by atoms with van der Waals surface area (Å²) < 4.78 is 26.9. The van der Waals surface area contributed by atoms with Crippen LogP contribution in [0.1, 0.15) is 43.4 Å². The van der Waals surface area contributed by atoms with Crippen LogP contribution >= 0.6 is 23.2 Å². The average molecular weight is 385 g/mol. The molecule has 0 radical (unpaired) electrons. The summed E-state index contributed by atoms with van der Waals surface area (Å²) in [6, 6.07) is 6.60. The normalized spacial score (nSPS) is 16.4. The molecule has 0 saturated heterocycles. The SMILES string of the molecule is CC(CC(=O)NC1(c2cc(Cl)cc(Cl)n2)CC1)c1ccc(F)cc1F. The van der Waals surface area contributed by atoms with Gasteiger partial charge in [0, 0.05) is 17.5 Å². The van der Waals surface area contributed by atoms with Crippen LogP contribution < -0.4 is 5.32 Å². The highest BCUT2D eigenvalue weighted by atomic mass is 35.5. The molecule has 1 unspecified atom stereocenters. The standard InChI is InChI=1S/C18H16Cl2F2N2O/c1-10(13-3-2-12(21)9-14(13)22)6-17(25)24-18(4-5-18)15-7-11(19)8-16(20)23-15/h2-3,7-10H,4-6H2,1H3,(H,24,25). The second kappa shape index (κ2) is 6.89. The molecule has 1 aliphatic carbocycles. The Balaban J connectivity index is 1.70. The van der Waals surface area contributed by atoms with Crippen LogP contribution in [0.2, 0.25) is 10.2 Å². The Morgan fingerprint density at radius 1 is 1.28 bits per heavy atom. The van der Waals surface area contributed by atoms with Gasteiger partial charge in [-0.2, -0.15) is 0 Å². The maximum atomic E-state index is 13.8. The monoisotopic (exact) mass is 384 g/mol. The first kappa shape index (κ1) is 18.1. The molecule has 3 rings (SSSR count). The zero-order valence-electron chi connectivity index (χ0n) is 13.5. The molecular weight excluding hydrogens is 369 g/mol. The van der Waals surface area contributed by atoms with Gasteiger partial charge in [-0.3, -0.25) is 4.79 Å². The van der Waals surface area contributed by atoms with Crippen molar-refractivity contribution < 1.29 is 13.6 Å². The van der Waals surface area contributed by atoms with Crippen LogP contribution in [0.4, 0.5) is 8.78 Å². The lowest BCUT2D eigenvalue weighted by Crippen LogP contribution is -2.36. The van der Waals surface area contributed by atoms with E-state index in [0.717, 1.165) is 18.9 Å². The van der Waals surface area contributed by atoms with Crippen molar-refractivity contribution >= 4 is 29.1 Å². The second-order valence-electron chi connectivity index (χ2n) is 6.39. The molecule has 25 heavy (non-hydrogen) atoms. The van der Waals surface area contributed by atoms with Gasteiger partial charge in [0.2, 0.25) is 5.91 Å². The lowest BCUT2D eigenvalue weighted by atomic mass is 9.96. The average Bonchev–Trinajstić information content (AvgIpc) is 3.26. The molecule has 1 amide bonds. The molecule has 1 N–H and O–H groups in total. The Kier molecular flexibility index (Phi) is 4.98. The van der Waals surface area contributed by atoms with Gasteiger partial charge in [-0.15, -0.1) is 0 Å². The van der Waals surface area contributed by atoms with E-state index in [1.54, 1.807) is 13.0 Å². The molecule has 0 bridgehead atoms. The van der Waals surface area contributed by atoms with Gasteiger partial charge in [-0.25, -0.2) is 13.8 Å². The quantitative estimate of drug-likeness (QED) is 0.739. The zero-order chi connectivity index (χ0) is 18.2. The molecule has 1 atom stereocenters. The van der Waals surface area contributed by atoms with Crippen molar-refractivity contribution in [3.05, 3.63) is 63.4 Å². The topological polar surface area (TPSA) is 42.0 Å². The van der Waals surface area contributed by atoms with Crippen molar-refractivity contribution in [1.82, 2.24) is 10.3 Å². The van der Waals surface area contributed by atoms with Gasteiger partial charge in [-0.05, 0) is 42.5 Å². The fourth-order valence-corrected chi connectivity index (χ4v) is 3.36. The number of benzene rings is 1. The molecule has 1 aromatic heterocycles. The largest absolute Gasteiger partial charge is 0.345 e. The lowest BCUT2D eigenvalue weighted by molar-refractivity contribution is -0.122. The molecule has 0 spiro atoms. The van der Waals surface area contributed by atoms with Gasteiger partial charge in [0.1, 0.15) is 16.8 Å². The summed E-state index contributed by atoms with van der Waals surface area (Å²) in [6.45, 7) is 1.73. The number of halogens is 4. The molecule has 3 nitrogen and oxygen atoms in total. The molecule has 1 aromatic carbocycles. The number of aromatic nitrogens is 1. The number of rotatable bonds is 5. The Hall–Kier alpha value is -1.72. The van der Waals surface area contributed by atoms with Crippen LogP contribution in [0, 0.1) is 11.6 Å². The predicted molar refractivity (Wildman–Crippen MR) is 92.7 cm³/mol. The summed E-state index contributed by atoms with van der Waals surface area (Å²) in [5, 5.41) is 3.68. The third-order valence-electron chi connectivity index (χ3n) is 4.36. The van der Waals surface area contributed by atoms with Crippen molar-refractivity contribution in [2.75, 3.05) is 0 Å². The molecular formula is C18H16Cl2F2N2O. The molecule has 1 saturated carbocycles. The summed E-state index contributed by atoms with van der Waals surface area (Å²) in [5.74, 6) is -1.90. The summed E-state index contributed by atoms with van der Waals surface area (Å²) >= 11 is 11.9. The van der Waals surface area contributed by atoms with Gasteiger partial charge in [0.25, 0.3) is 0 Å². The predicted octanol–water partition coefficient (Wildman–Crippen LogP) is 4.97. The second-order valence-corrected chi connectivity index (χ2v) is 7.22. The van der Waals surface area contributed by atoms with Crippen LogP contribution in [0.3, 0.4) is 0 Å². The molecule has 2 aromatic rings. The van der Waals surface area contributed by atoms with Crippen molar-refractivity contribution in [3.63, 3.8) is 0 Å². The molecule has 132 valence electrons. The first-order valence-corrected chi connectivity index (χ1v) is 8.64. The molecule has 1 fully saturated rings. The fraction of sp³-hybridized carbons (Fsp3) is 0.333. The van der Waals surface area contributed by atoms with Crippen LogP contribution in [-0.4, -0.2) is 10.9 Å². The van der Waals surface area contributed by atoms with E-state index in [-0.39, 0.29) is 23.4 Å². The highest BCUT2D eigenvalue weighted by Crippen LogP contribution is 2.45. The van der Waals surface area contributed by atoms with Gasteiger partial charge in [-0.1, -0.05) is 36.2 Å². The Morgan fingerprint density at radius 2 is 2.00 bits per heavy atom. The number of hydrogen-bond donors (Lipinski definition) is 1. The van der Waals surface area contributed by atoms with Gasteiger partial charge in [0.15, 0.2) is 0 Å². The summed E-state index contributed by atoms with van der Waals surface area (Å²) in [6.07, 6.45) is 1.56. The number of hydrogen-bond acceptors (Lipinski definition) is 2. The molecule has 0 aliphatic heterocycles. The minimum atomic E-state index is -0.648. The van der Waals surface area contributed by atoms with E-state index >= 15 is 0 Å². The van der Waals surface area contributed by atoms with Crippen LogP contribution in [-0.2, 0) is 10.3 Å². The van der Waals surface area contributed by atoms with Gasteiger partial charge < -0.3 is 5.32 Å². The number of nitrogens with one attached hydrogen (secondary N) is 1. The van der Waals surface area contributed by atoms with E-state index in [0.29, 0.717) is 16.3 Å². The molecule has 7 heteroatoms. The van der Waals surface area contributed by atoms with Gasteiger partial charge >= 0.3 is 0 Å². The Morgan fingerprint density at radius 3 is 2.60 bits per heavy atom. The number of carbonyl (C=O) groups excluding carboxylic acids is 1. The minimum Gasteiger partial charge on any atom is -0.345 e. The first-order chi connectivity index (χ1) is 11.8. The minimum absolute atomic E-state index is 0.0819. The Bertz CT molecular complexity index is 804. The van der Waals surface area contributed by atoms with Crippen LogP contribution in [0.5, 0.6) is 0 Å². The van der Waals surface area contributed by atoms with Crippen molar-refractivity contribution in [1.29, 1.82) is 0 Å². The third-order valence-corrected chi connectivity index (χ3v) is 4.77. The summed E-state index contributed by atoms with van der Waals surface area (Å²) in [4.78, 5) is 16.6. The maximum absolute atomic E-state index is 13.8. The lowest BCUT2D eigenvalue weighted by Gasteiger charge is -2.19. The number of nitrogens with zero attached hydrogens (tertiary/aromatic N) is 1. The highest BCUT2D eigenvalue weighted by Gasteiger charge is 2.47. The maximum Gasteiger partial charge on any atom is 0.221 e.